The minimum Gasteiger partial charge on any atom is -0.489 e. The summed E-state index contributed by atoms with van der Waals surface area (Å²) in [5.41, 5.74) is 2.86. The van der Waals surface area contributed by atoms with E-state index in [2.05, 4.69) is 39.8 Å². The van der Waals surface area contributed by atoms with Crippen molar-refractivity contribution < 1.29 is 13.9 Å². The molecule has 0 radical (unpaired) electrons. The van der Waals surface area contributed by atoms with Crippen LogP contribution in [0.1, 0.15) is 70.6 Å². The van der Waals surface area contributed by atoms with Crippen LogP contribution in [0.3, 0.4) is 0 Å². The molecular weight excluding hydrogens is 340 g/mol. The Hall–Kier alpha value is -2.23. The van der Waals surface area contributed by atoms with Gasteiger partial charge >= 0.3 is 5.63 Å². The summed E-state index contributed by atoms with van der Waals surface area (Å²) >= 11 is 0. The van der Waals surface area contributed by atoms with Crippen LogP contribution in [0.25, 0.3) is 17.0 Å². The van der Waals surface area contributed by atoms with E-state index in [-0.39, 0.29) is 17.6 Å². The molecule has 2 aliphatic rings. The first-order valence-electron chi connectivity index (χ1n) is 9.95. The number of fused-ring (bicyclic) bond motifs is 6. The van der Waals surface area contributed by atoms with Crippen LogP contribution < -0.4 is 15.1 Å². The Labute approximate surface area is 160 Å². The Kier molecular flexibility index (Phi) is 4.13. The Balaban J connectivity index is 2.17. The molecule has 1 aromatic heterocycles. The molecule has 2 aliphatic heterocycles. The van der Waals surface area contributed by atoms with Crippen LogP contribution >= 0.6 is 0 Å². The summed E-state index contributed by atoms with van der Waals surface area (Å²) < 4.78 is 18.5. The molecule has 0 saturated carbocycles. The van der Waals surface area contributed by atoms with Crippen molar-refractivity contribution in [1.29, 1.82) is 0 Å². The minimum absolute atomic E-state index is 0.0860. The number of hydrogen-bond donors (Lipinski definition) is 0. The van der Waals surface area contributed by atoms with Crippen LogP contribution in [0.2, 0.25) is 0 Å². The molecule has 4 heteroatoms. The van der Waals surface area contributed by atoms with Crippen molar-refractivity contribution in [3.63, 3.8) is 0 Å². The van der Waals surface area contributed by atoms with Gasteiger partial charge < -0.3 is 13.9 Å². The van der Waals surface area contributed by atoms with E-state index in [1.165, 1.54) is 0 Å². The van der Waals surface area contributed by atoms with Gasteiger partial charge in [-0.05, 0) is 56.7 Å². The average Bonchev–Trinajstić information content (AvgIpc) is 2.58. The highest BCUT2D eigenvalue weighted by molar-refractivity contribution is 5.97. The molecule has 0 unspecified atom stereocenters. The average molecular weight is 368 g/mol. The van der Waals surface area contributed by atoms with Crippen molar-refractivity contribution in [2.75, 3.05) is 0 Å². The van der Waals surface area contributed by atoms with Crippen LogP contribution in [0.5, 0.6) is 11.5 Å². The van der Waals surface area contributed by atoms with Gasteiger partial charge in [-0.15, -0.1) is 0 Å². The maximum absolute atomic E-state index is 12.4. The molecule has 4 nitrogen and oxygen atoms in total. The van der Waals surface area contributed by atoms with Gasteiger partial charge in [-0.2, -0.15) is 0 Å². The van der Waals surface area contributed by atoms with Crippen molar-refractivity contribution in [3.8, 4) is 11.5 Å². The Morgan fingerprint density at radius 2 is 1.89 bits per heavy atom. The van der Waals surface area contributed by atoms with Crippen LogP contribution in [0.4, 0.5) is 0 Å². The molecule has 0 amide bonds. The maximum Gasteiger partial charge on any atom is 0.336 e. The van der Waals surface area contributed by atoms with E-state index in [1.807, 2.05) is 13.8 Å². The molecule has 0 aliphatic carbocycles. The number of benzene rings is 1. The van der Waals surface area contributed by atoms with Crippen LogP contribution in [-0.2, 0) is 6.42 Å². The van der Waals surface area contributed by atoms with Crippen molar-refractivity contribution in [2.24, 2.45) is 5.92 Å². The Bertz CT molecular complexity index is 996. The quantitative estimate of drug-likeness (QED) is 0.661. The summed E-state index contributed by atoms with van der Waals surface area (Å²) in [4.78, 5) is 12.4. The first-order valence-corrected chi connectivity index (χ1v) is 9.95. The second kappa shape index (κ2) is 6.15. The van der Waals surface area contributed by atoms with Gasteiger partial charge in [0.15, 0.2) is 0 Å². The van der Waals surface area contributed by atoms with E-state index in [0.717, 1.165) is 46.4 Å². The summed E-state index contributed by atoms with van der Waals surface area (Å²) in [7, 11) is 0. The molecular formula is C23H28O4. The topological polar surface area (TPSA) is 48.7 Å². The van der Waals surface area contributed by atoms with Gasteiger partial charge in [-0.25, -0.2) is 4.79 Å². The molecule has 3 atom stereocenters. The Morgan fingerprint density at radius 1 is 1.15 bits per heavy atom. The lowest BCUT2D eigenvalue weighted by atomic mass is 9.80. The summed E-state index contributed by atoms with van der Waals surface area (Å²) in [6.45, 7) is 12.7. The number of ether oxygens (including phenoxy) is 2. The third kappa shape index (κ3) is 2.77. The van der Waals surface area contributed by atoms with E-state index in [0.29, 0.717) is 11.5 Å². The second-order valence-electron chi connectivity index (χ2n) is 8.54. The normalized spacial score (nSPS) is 25.5. The molecule has 3 heterocycles. The van der Waals surface area contributed by atoms with Gasteiger partial charge in [-0.1, -0.05) is 27.2 Å². The summed E-state index contributed by atoms with van der Waals surface area (Å²) in [6, 6.07) is 1.62. The van der Waals surface area contributed by atoms with Crippen molar-refractivity contribution >= 4 is 17.0 Å². The van der Waals surface area contributed by atoms with E-state index in [9.17, 15) is 4.79 Å². The highest BCUT2D eigenvalue weighted by Crippen LogP contribution is 2.52. The number of rotatable bonds is 2. The molecule has 0 N–H and O–H groups in total. The highest BCUT2D eigenvalue weighted by Gasteiger charge is 2.38. The molecule has 0 saturated heterocycles. The molecule has 2 aromatic rings. The molecule has 0 fully saturated rings. The zero-order chi connectivity index (χ0) is 19.5. The predicted molar refractivity (Wildman–Crippen MR) is 108 cm³/mol. The fourth-order valence-corrected chi connectivity index (χ4v) is 4.27. The first kappa shape index (κ1) is 18.1. The van der Waals surface area contributed by atoms with Crippen molar-refractivity contribution in [3.05, 3.63) is 39.3 Å². The zero-order valence-corrected chi connectivity index (χ0v) is 17.0. The molecule has 4 rings (SSSR count). The molecule has 0 bridgehead atoms. The molecule has 27 heavy (non-hydrogen) atoms. The van der Waals surface area contributed by atoms with E-state index < -0.39 is 5.60 Å². The van der Waals surface area contributed by atoms with Gasteiger partial charge in [0.05, 0.1) is 17.1 Å². The monoisotopic (exact) mass is 368 g/mol. The summed E-state index contributed by atoms with van der Waals surface area (Å²) in [5, 5.41) is 0.930. The van der Waals surface area contributed by atoms with Gasteiger partial charge in [-0.3, -0.25) is 0 Å². The number of hydrogen-bond acceptors (Lipinski definition) is 4. The SMILES string of the molecule is CCCc1cc(=O)oc2c3c(c4c(c12)OC(C)(C)C=C4)O[C@H](C)[C@@H](C)[C@H]3C. The lowest BCUT2D eigenvalue weighted by Crippen LogP contribution is -2.33. The smallest absolute Gasteiger partial charge is 0.336 e. The van der Waals surface area contributed by atoms with Crippen LogP contribution in [0.15, 0.2) is 21.4 Å². The molecule has 1 aromatic carbocycles. The minimum atomic E-state index is -0.424. The van der Waals surface area contributed by atoms with E-state index in [1.54, 1.807) is 6.07 Å². The maximum atomic E-state index is 12.4. The molecule has 0 spiro atoms. The van der Waals surface area contributed by atoms with E-state index >= 15 is 0 Å². The predicted octanol–water partition coefficient (Wildman–Crippen LogP) is 5.45. The first-order chi connectivity index (χ1) is 12.7. The summed E-state index contributed by atoms with van der Waals surface area (Å²) in [5.74, 6) is 2.13. The van der Waals surface area contributed by atoms with Gasteiger partial charge in [0.2, 0.25) is 0 Å². The van der Waals surface area contributed by atoms with Gasteiger partial charge in [0.25, 0.3) is 0 Å². The van der Waals surface area contributed by atoms with Crippen molar-refractivity contribution in [2.45, 2.75) is 72.0 Å². The van der Waals surface area contributed by atoms with Crippen LogP contribution in [0, 0.1) is 5.92 Å². The molecule has 144 valence electrons. The standard InChI is InChI=1S/C23H28O4/c1-7-8-15-11-17(24)26-22-18-13(3)12(2)14(4)25-20(18)16-9-10-23(5,6)27-21(16)19(15)22/h9-14H,7-8H2,1-6H3/t12-,13+,14+/m0/s1. The fourth-order valence-electron chi connectivity index (χ4n) is 4.27. The highest BCUT2D eigenvalue weighted by atomic mass is 16.5. The lowest BCUT2D eigenvalue weighted by Gasteiger charge is -2.38. The lowest BCUT2D eigenvalue weighted by molar-refractivity contribution is 0.118. The van der Waals surface area contributed by atoms with E-state index in [4.69, 9.17) is 13.9 Å². The number of aryl methyl sites for hydroxylation is 1. The van der Waals surface area contributed by atoms with Crippen LogP contribution in [-0.4, -0.2) is 11.7 Å². The largest absolute Gasteiger partial charge is 0.489 e. The van der Waals surface area contributed by atoms with Crippen molar-refractivity contribution in [1.82, 2.24) is 0 Å². The fraction of sp³-hybridized carbons (Fsp3) is 0.522. The van der Waals surface area contributed by atoms with Gasteiger partial charge in [0, 0.05) is 11.6 Å². The Morgan fingerprint density at radius 3 is 2.59 bits per heavy atom. The summed E-state index contributed by atoms with van der Waals surface area (Å²) in [6.07, 6.45) is 6.01. The third-order valence-electron chi connectivity index (χ3n) is 6.07. The second-order valence-corrected chi connectivity index (χ2v) is 8.54. The zero-order valence-electron chi connectivity index (χ0n) is 17.0. The van der Waals surface area contributed by atoms with Gasteiger partial charge in [0.1, 0.15) is 22.7 Å². The third-order valence-corrected chi connectivity index (χ3v) is 6.07.